The van der Waals surface area contributed by atoms with Gasteiger partial charge in [0.05, 0.1) is 55.8 Å². The largest absolute Gasteiger partial charge is 0.497 e. The summed E-state index contributed by atoms with van der Waals surface area (Å²) in [4.78, 5) is 67.0. The molecule has 15 heteroatoms. The van der Waals surface area contributed by atoms with Crippen LogP contribution in [0.25, 0.3) is 22.3 Å². The second kappa shape index (κ2) is 19.8. The first-order chi connectivity index (χ1) is 30.9. The zero-order chi connectivity index (χ0) is 45.0. The van der Waals surface area contributed by atoms with Crippen LogP contribution in [0.3, 0.4) is 0 Å². The van der Waals surface area contributed by atoms with E-state index in [1.165, 1.54) is 18.4 Å². The number of rotatable bonds is 13. The lowest BCUT2D eigenvalue weighted by molar-refractivity contribution is -0.154. The Kier molecular flexibility index (Phi) is 14.1. The molecule has 2 aromatic carbocycles. The Balaban J connectivity index is 1.13. The number of ketones is 1. The van der Waals surface area contributed by atoms with E-state index in [0.717, 1.165) is 61.9 Å². The molecule has 4 aliphatic rings. The molecule has 8 rings (SSSR count). The Morgan fingerprint density at radius 2 is 1.77 bits per heavy atom. The van der Waals surface area contributed by atoms with Gasteiger partial charge >= 0.3 is 5.97 Å². The van der Waals surface area contributed by atoms with E-state index in [2.05, 4.69) is 11.4 Å². The molecule has 342 valence electrons. The molecule has 0 radical (unpaired) electrons. The third-order valence-corrected chi connectivity index (χ3v) is 17.0. The highest BCUT2D eigenvalue weighted by Crippen LogP contribution is 2.74. The molecular weight excluding hydrogens is 852 g/mol. The van der Waals surface area contributed by atoms with Crippen LogP contribution >= 0.6 is 18.7 Å². The highest BCUT2D eigenvalue weighted by atomic mass is 32.1. The van der Waals surface area contributed by atoms with Crippen molar-refractivity contribution >= 4 is 52.4 Å². The van der Waals surface area contributed by atoms with Crippen molar-refractivity contribution in [2.24, 2.45) is 11.8 Å². The van der Waals surface area contributed by atoms with Crippen molar-refractivity contribution in [3.05, 3.63) is 71.6 Å². The number of esters is 1. The summed E-state index contributed by atoms with van der Waals surface area (Å²) in [6, 6.07) is 13.8. The van der Waals surface area contributed by atoms with E-state index in [1.807, 2.05) is 61.7 Å². The van der Waals surface area contributed by atoms with E-state index in [0.29, 0.717) is 52.6 Å². The minimum Gasteiger partial charge on any atom is -0.497 e. The predicted octanol–water partition coefficient (Wildman–Crippen LogP) is 9.74. The Hall–Kier alpha value is -4.78. The van der Waals surface area contributed by atoms with Crippen molar-refractivity contribution in [1.82, 2.24) is 14.9 Å². The molecule has 2 saturated carbocycles. The predicted molar refractivity (Wildman–Crippen MR) is 248 cm³/mol. The summed E-state index contributed by atoms with van der Waals surface area (Å²) in [5, 5.41) is 5.57. The fraction of sp³-hybridized carbons (Fsp3) is 0.531. The smallest absolute Gasteiger partial charge is 0.306 e. The molecule has 13 nitrogen and oxygen atoms in total. The van der Waals surface area contributed by atoms with Gasteiger partial charge in [-0.05, 0) is 89.3 Å². The number of benzene rings is 2. The monoisotopic (exact) mass is 912 g/mol. The summed E-state index contributed by atoms with van der Waals surface area (Å²) in [5.74, 6) is -0.286. The summed E-state index contributed by atoms with van der Waals surface area (Å²) in [7, 11) is -0.923. The Morgan fingerprint density at radius 1 is 0.969 bits per heavy atom. The van der Waals surface area contributed by atoms with Crippen molar-refractivity contribution < 1.29 is 42.8 Å². The van der Waals surface area contributed by atoms with E-state index >= 15 is 9.59 Å². The van der Waals surface area contributed by atoms with Gasteiger partial charge in [0.25, 0.3) is 0 Å². The molecule has 1 unspecified atom stereocenters. The Labute approximate surface area is 379 Å². The molecule has 64 heavy (non-hydrogen) atoms. The van der Waals surface area contributed by atoms with Gasteiger partial charge in [-0.3, -0.25) is 18.9 Å². The van der Waals surface area contributed by atoms with Crippen LogP contribution in [0.2, 0.25) is 0 Å². The topological polar surface area (TPSA) is 166 Å². The fourth-order valence-electron chi connectivity index (χ4n) is 9.87. The molecule has 0 bridgehead atoms. The van der Waals surface area contributed by atoms with Gasteiger partial charge in [-0.1, -0.05) is 43.2 Å². The minimum atomic E-state index is -4.06. The molecule has 1 saturated heterocycles. The van der Waals surface area contributed by atoms with Crippen LogP contribution in [0, 0.1) is 11.8 Å². The first kappa shape index (κ1) is 45.8. The number of anilines is 1. The van der Waals surface area contributed by atoms with Gasteiger partial charge in [-0.15, -0.1) is 11.3 Å². The number of amides is 1. The van der Waals surface area contributed by atoms with Crippen molar-refractivity contribution in [3.8, 4) is 28.6 Å². The molecule has 2 N–H and O–H groups in total. The summed E-state index contributed by atoms with van der Waals surface area (Å²) < 4.78 is 38.7. The number of thiazole rings is 1. The standard InChI is InChI=1S/C49H61N4O9PS/c1-31(2)50-48-52-41(30-64-48)40-25-45(38-21-20-36(59-3)23-39(38)51-40)61-37-24-42-43(54)27-49(63(57,58)29-33-15-10-13-19-44(33)60-4)26-34(49)16-9-7-5-6-8-14-32(47(56)53(42)28-37)22-46(55)62-35-17-11-12-18-35/h9-10,13,15-16,19-21,23,25,30-32,34-35,37,42H,5-8,11-12,14,17-18,22,24,26-29H2,1-4H3,(H,50,52)(H,57,58)/b16-9-/t32-,34-,37-,42+,49-/m1/s1. The summed E-state index contributed by atoms with van der Waals surface area (Å²) >= 11 is 1.48. The average molecular weight is 913 g/mol. The highest BCUT2D eigenvalue weighted by Gasteiger charge is 2.65. The molecule has 4 aromatic rings. The number of hydrogen-bond donors (Lipinski definition) is 2. The number of ether oxygens (including phenoxy) is 4. The first-order valence-electron chi connectivity index (χ1n) is 22.9. The number of methoxy groups -OCH3 is 2. The molecule has 2 aliphatic heterocycles. The summed E-state index contributed by atoms with van der Waals surface area (Å²) in [6.07, 6.45) is 10.8. The van der Waals surface area contributed by atoms with Crippen molar-refractivity contribution in [2.75, 3.05) is 26.1 Å². The van der Waals surface area contributed by atoms with Gasteiger partial charge in [0.1, 0.15) is 35.2 Å². The molecular formula is C49H61N4O9PS. The molecule has 2 aliphatic carbocycles. The Morgan fingerprint density at radius 3 is 2.55 bits per heavy atom. The number of nitrogens with zero attached hydrogens (tertiary/aromatic N) is 3. The van der Waals surface area contributed by atoms with Crippen LogP contribution in [0.5, 0.6) is 17.2 Å². The number of Topliss-reactive ketones (excluding diaryl/α,β-unsaturated/α-hetero) is 1. The van der Waals surface area contributed by atoms with Crippen LogP contribution in [-0.2, 0) is 29.8 Å². The molecule has 0 spiro atoms. The van der Waals surface area contributed by atoms with Gasteiger partial charge in [-0.25, -0.2) is 9.97 Å². The maximum atomic E-state index is 15.0. The number of allylic oxidation sites excluding steroid dienone is 2. The number of carbonyl (C=O) groups excluding carboxylic acids is 3. The number of carbonyl (C=O) groups is 3. The maximum absolute atomic E-state index is 15.0. The van der Waals surface area contributed by atoms with Crippen molar-refractivity contribution in [2.45, 2.75) is 133 Å². The van der Waals surface area contributed by atoms with E-state index in [1.54, 1.807) is 24.1 Å². The number of fused-ring (bicyclic) bond motifs is 3. The number of aromatic nitrogens is 2. The van der Waals surface area contributed by atoms with E-state index in [9.17, 15) is 14.3 Å². The summed E-state index contributed by atoms with van der Waals surface area (Å²) in [6.45, 7) is 4.19. The third-order valence-electron chi connectivity index (χ3n) is 13.4. The van der Waals surface area contributed by atoms with Crippen LogP contribution < -0.4 is 19.5 Å². The van der Waals surface area contributed by atoms with Gasteiger partial charge in [0.2, 0.25) is 13.3 Å². The van der Waals surface area contributed by atoms with Crippen LogP contribution in [0.15, 0.2) is 66.1 Å². The van der Waals surface area contributed by atoms with Crippen LogP contribution in [0.4, 0.5) is 5.13 Å². The second-order valence-electron chi connectivity index (χ2n) is 18.3. The molecule has 4 heterocycles. The quantitative estimate of drug-likeness (QED) is 0.0742. The van der Waals surface area contributed by atoms with E-state index in [4.69, 9.17) is 28.9 Å². The SMILES string of the molecule is COc1ccc2c(O[C@@H]3C[C@H]4C(=O)C[C@]5(P(=O)(O)Cc6ccccc6OC)C[C@H]5/C=C\CCCCC[C@H](CC(=O)OC5CCCC5)C(=O)N4C3)cc(-c3csc(NC(C)C)n3)nc2c1. The minimum absolute atomic E-state index is 0.0730. The summed E-state index contributed by atoms with van der Waals surface area (Å²) in [5.41, 5.74) is 2.49. The van der Waals surface area contributed by atoms with Crippen molar-refractivity contribution in [1.29, 1.82) is 0 Å². The van der Waals surface area contributed by atoms with E-state index in [-0.39, 0.29) is 61.7 Å². The number of para-hydroxylation sites is 1. The van der Waals surface area contributed by atoms with Gasteiger partial charge < -0.3 is 34.1 Å². The van der Waals surface area contributed by atoms with Crippen LogP contribution in [-0.4, -0.2) is 87.6 Å². The van der Waals surface area contributed by atoms with Crippen molar-refractivity contribution in [3.63, 3.8) is 0 Å². The lowest BCUT2D eigenvalue weighted by Crippen LogP contribution is -2.45. The molecule has 6 atom stereocenters. The second-order valence-corrected chi connectivity index (χ2v) is 21.8. The van der Waals surface area contributed by atoms with Gasteiger partial charge in [-0.2, -0.15) is 0 Å². The average Bonchev–Trinajstić information content (AvgIpc) is 3.69. The lowest BCUT2D eigenvalue weighted by Gasteiger charge is -2.30. The molecule has 3 fully saturated rings. The zero-order valence-corrected chi connectivity index (χ0v) is 39.0. The fourth-order valence-corrected chi connectivity index (χ4v) is 13.2. The Bertz CT molecular complexity index is 2420. The first-order valence-corrected chi connectivity index (χ1v) is 25.6. The zero-order valence-electron chi connectivity index (χ0n) is 37.3. The number of hydrogen-bond acceptors (Lipinski definition) is 12. The van der Waals surface area contributed by atoms with Crippen LogP contribution in [0.1, 0.15) is 103 Å². The molecule has 2 aromatic heterocycles. The van der Waals surface area contributed by atoms with E-state index < -0.39 is 36.6 Å². The van der Waals surface area contributed by atoms with Gasteiger partial charge in [0.15, 0.2) is 10.9 Å². The highest BCUT2D eigenvalue weighted by molar-refractivity contribution is 7.59. The number of nitrogens with one attached hydrogen (secondary N) is 1. The molecule has 1 amide bonds. The number of pyridine rings is 1. The normalized spacial score (nSPS) is 25.8. The maximum Gasteiger partial charge on any atom is 0.306 e. The third kappa shape index (κ3) is 10.2. The lowest BCUT2D eigenvalue weighted by atomic mass is 9.94. The van der Waals surface area contributed by atoms with Gasteiger partial charge in [0, 0.05) is 53.3 Å².